The molecule has 1 heterocycles. The van der Waals surface area contributed by atoms with E-state index in [9.17, 15) is 0 Å². The van der Waals surface area contributed by atoms with Crippen LogP contribution in [0, 0.1) is 0 Å². The normalized spacial score (nSPS) is 22.2. The molecule has 0 bridgehead atoms. The molecule has 98 valence electrons. The lowest BCUT2D eigenvalue weighted by molar-refractivity contribution is 0.238. The number of hydrogen-bond donors (Lipinski definition) is 1. The van der Waals surface area contributed by atoms with Gasteiger partial charge in [0.05, 0.1) is 13.7 Å². The first-order valence-corrected chi connectivity index (χ1v) is 6.91. The van der Waals surface area contributed by atoms with Crippen molar-refractivity contribution >= 4 is 0 Å². The molecule has 0 saturated heterocycles. The van der Waals surface area contributed by atoms with Crippen molar-refractivity contribution in [1.29, 1.82) is 0 Å². The van der Waals surface area contributed by atoms with E-state index in [0.717, 1.165) is 37.0 Å². The first-order valence-electron chi connectivity index (χ1n) is 6.91. The van der Waals surface area contributed by atoms with Crippen LogP contribution in [0.1, 0.15) is 43.4 Å². The summed E-state index contributed by atoms with van der Waals surface area (Å²) in [6, 6.07) is 5.52. The second-order valence-corrected chi connectivity index (χ2v) is 5.20. The predicted octanol–water partition coefficient (Wildman–Crippen LogP) is 2.83. The van der Waals surface area contributed by atoms with E-state index < -0.39 is 0 Å². The van der Waals surface area contributed by atoms with Crippen LogP contribution in [0.2, 0.25) is 0 Å². The Labute approximate surface area is 108 Å². The van der Waals surface area contributed by atoms with Gasteiger partial charge in [-0.3, -0.25) is 0 Å². The van der Waals surface area contributed by atoms with Crippen molar-refractivity contribution in [2.45, 2.75) is 44.7 Å². The van der Waals surface area contributed by atoms with E-state index in [4.69, 9.17) is 9.47 Å². The van der Waals surface area contributed by atoms with Gasteiger partial charge in [-0.25, -0.2) is 0 Å². The molecule has 1 unspecified atom stereocenters. The number of nitrogens with one attached hydrogen (secondary N) is 1. The standard InChI is InChI=1S/C15H21NO2/c1-3-10-8-12-13(16-11-4-5-11)6-7-18-15(12)14(9-10)17-2/h8-9,11,13,16H,3-7H2,1-2H3. The van der Waals surface area contributed by atoms with Crippen molar-refractivity contribution in [2.24, 2.45) is 0 Å². The van der Waals surface area contributed by atoms with Crippen molar-refractivity contribution in [3.8, 4) is 11.5 Å². The molecule has 1 saturated carbocycles. The number of ether oxygens (including phenoxy) is 2. The molecule has 1 fully saturated rings. The van der Waals surface area contributed by atoms with E-state index >= 15 is 0 Å². The fourth-order valence-electron chi connectivity index (χ4n) is 2.59. The Kier molecular flexibility index (Phi) is 3.16. The third kappa shape index (κ3) is 2.19. The quantitative estimate of drug-likeness (QED) is 0.887. The molecule has 0 aromatic heterocycles. The lowest BCUT2D eigenvalue weighted by Gasteiger charge is -2.28. The summed E-state index contributed by atoms with van der Waals surface area (Å²) in [6.07, 6.45) is 4.72. The highest BCUT2D eigenvalue weighted by molar-refractivity contribution is 5.52. The Balaban J connectivity index is 1.97. The van der Waals surface area contributed by atoms with Crippen LogP contribution < -0.4 is 14.8 Å². The van der Waals surface area contributed by atoms with Gasteiger partial charge in [0.2, 0.25) is 0 Å². The average Bonchev–Trinajstić information content (AvgIpc) is 3.22. The molecule has 2 aliphatic rings. The lowest BCUT2D eigenvalue weighted by Crippen LogP contribution is -2.29. The number of aryl methyl sites for hydroxylation is 1. The fourth-order valence-corrected chi connectivity index (χ4v) is 2.59. The Hall–Kier alpha value is -1.22. The lowest BCUT2D eigenvalue weighted by atomic mass is 9.96. The Morgan fingerprint density at radius 2 is 2.17 bits per heavy atom. The molecule has 3 rings (SSSR count). The smallest absolute Gasteiger partial charge is 0.165 e. The molecule has 1 N–H and O–H groups in total. The second kappa shape index (κ2) is 4.81. The van der Waals surface area contributed by atoms with Gasteiger partial charge >= 0.3 is 0 Å². The van der Waals surface area contributed by atoms with Crippen LogP contribution in [0.4, 0.5) is 0 Å². The van der Waals surface area contributed by atoms with Gasteiger partial charge < -0.3 is 14.8 Å². The van der Waals surface area contributed by atoms with E-state index in [1.165, 1.54) is 24.0 Å². The summed E-state index contributed by atoms with van der Waals surface area (Å²) in [4.78, 5) is 0. The summed E-state index contributed by atoms with van der Waals surface area (Å²) in [5.41, 5.74) is 2.60. The monoisotopic (exact) mass is 247 g/mol. The van der Waals surface area contributed by atoms with Crippen molar-refractivity contribution in [1.82, 2.24) is 5.32 Å². The van der Waals surface area contributed by atoms with E-state index in [1.807, 2.05) is 0 Å². The minimum atomic E-state index is 0.432. The number of rotatable bonds is 4. The highest BCUT2D eigenvalue weighted by atomic mass is 16.5. The van der Waals surface area contributed by atoms with Crippen molar-refractivity contribution in [3.63, 3.8) is 0 Å². The first kappa shape index (κ1) is 11.8. The zero-order chi connectivity index (χ0) is 12.5. The highest BCUT2D eigenvalue weighted by Crippen LogP contribution is 2.41. The van der Waals surface area contributed by atoms with Gasteiger partial charge in [-0.15, -0.1) is 0 Å². The Morgan fingerprint density at radius 1 is 1.33 bits per heavy atom. The zero-order valence-corrected chi connectivity index (χ0v) is 11.2. The second-order valence-electron chi connectivity index (χ2n) is 5.20. The molecule has 1 aliphatic heterocycles. The topological polar surface area (TPSA) is 30.5 Å². The molecule has 0 spiro atoms. The first-order chi connectivity index (χ1) is 8.81. The third-order valence-corrected chi connectivity index (χ3v) is 3.81. The largest absolute Gasteiger partial charge is 0.493 e. The van der Waals surface area contributed by atoms with E-state index in [2.05, 4.69) is 24.4 Å². The Bertz CT molecular complexity index is 440. The molecule has 3 heteroatoms. The molecule has 1 aromatic rings. The maximum Gasteiger partial charge on any atom is 0.165 e. The summed E-state index contributed by atoms with van der Waals surface area (Å²) >= 11 is 0. The predicted molar refractivity (Wildman–Crippen MR) is 71.4 cm³/mol. The molecule has 0 radical (unpaired) electrons. The van der Waals surface area contributed by atoms with Gasteiger partial charge in [0.15, 0.2) is 11.5 Å². The summed E-state index contributed by atoms with van der Waals surface area (Å²) in [5.74, 6) is 1.82. The van der Waals surface area contributed by atoms with Crippen LogP contribution in [-0.2, 0) is 6.42 Å². The number of methoxy groups -OCH3 is 1. The molecule has 0 amide bonds. The van der Waals surface area contributed by atoms with Crippen LogP contribution in [-0.4, -0.2) is 19.8 Å². The molecular weight excluding hydrogens is 226 g/mol. The van der Waals surface area contributed by atoms with E-state index in [-0.39, 0.29) is 0 Å². The summed E-state index contributed by atoms with van der Waals surface area (Å²) in [5, 5.41) is 3.72. The SMILES string of the molecule is CCc1cc(OC)c2c(c1)C(NC1CC1)CCO2. The van der Waals surface area contributed by atoms with Gasteiger partial charge in [-0.2, -0.15) is 0 Å². The molecule has 1 aromatic carbocycles. The number of hydrogen-bond acceptors (Lipinski definition) is 3. The summed E-state index contributed by atoms with van der Waals surface area (Å²) in [7, 11) is 1.72. The molecule has 3 nitrogen and oxygen atoms in total. The fraction of sp³-hybridized carbons (Fsp3) is 0.600. The van der Waals surface area contributed by atoms with E-state index in [1.54, 1.807) is 7.11 Å². The van der Waals surface area contributed by atoms with Gasteiger partial charge in [-0.05, 0) is 30.9 Å². The molecule has 1 atom stereocenters. The molecule has 18 heavy (non-hydrogen) atoms. The van der Waals surface area contributed by atoms with Crippen LogP contribution in [0.5, 0.6) is 11.5 Å². The van der Waals surface area contributed by atoms with E-state index in [0.29, 0.717) is 6.04 Å². The zero-order valence-electron chi connectivity index (χ0n) is 11.2. The minimum Gasteiger partial charge on any atom is -0.493 e. The summed E-state index contributed by atoms with van der Waals surface area (Å²) in [6.45, 7) is 2.95. The van der Waals surface area contributed by atoms with Crippen LogP contribution >= 0.6 is 0 Å². The molecular formula is C15H21NO2. The number of fused-ring (bicyclic) bond motifs is 1. The Morgan fingerprint density at radius 3 is 2.83 bits per heavy atom. The van der Waals surface area contributed by atoms with Crippen molar-refractivity contribution in [2.75, 3.05) is 13.7 Å². The van der Waals surface area contributed by atoms with Crippen LogP contribution in [0.3, 0.4) is 0 Å². The van der Waals surface area contributed by atoms with Crippen molar-refractivity contribution < 1.29 is 9.47 Å². The van der Waals surface area contributed by atoms with Gasteiger partial charge in [0, 0.05) is 24.1 Å². The van der Waals surface area contributed by atoms with Gasteiger partial charge in [0.1, 0.15) is 0 Å². The third-order valence-electron chi connectivity index (χ3n) is 3.81. The average molecular weight is 247 g/mol. The summed E-state index contributed by atoms with van der Waals surface area (Å²) < 4.78 is 11.3. The van der Waals surface area contributed by atoms with Crippen LogP contribution in [0.15, 0.2) is 12.1 Å². The maximum absolute atomic E-state index is 5.81. The minimum absolute atomic E-state index is 0.432. The van der Waals surface area contributed by atoms with Crippen molar-refractivity contribution in [3.05, 3.63) is 23.3 Å². The molecule has 1 aliphatic carbocycles. The highest BCUT2D eigenvalue weighted by Gasteiger charge is 2.30. The number of benzene rings is 1. The van der Waals surface area contributed by atoms with Gasteiger partial charge in [-0.1, -0.05) is 13.0 Å². The van der Waals surface area contributed by atoms with Gasteiger partial charge in [0.25, 0.3) is 0 Å². The maximum atomic E-state index is 5.81. The van der Waals surface area contributed by atoms with Crippen LogP contribution in [0.25, 0.3) is 0 Å².